The van der Waals surface area contributed by atoms with E-state index in [-0.39, 0.29) is 6.04 Å². The maximum absolute atomic E-state index is 6.29. The number of nitrogens with two attached hydrogens (primary N) is 1. The zero-order chi connectivity index (χ0) is 12.1. The number of hydrogen-bond acceptors (Lipinski definition) is 1. The third kappa shape index (κ3) is 3.18. The first kappa shape index (κ1) is 11.9. The fourth-order valence-electron chi connectivity index (χ4n) is 2.12. The molecule has 1 heteroatoms. The van der Waals surface area contributed by atoms with Crippen molar-refractivity contribution in [1.29, 1.82) is 0 Å². The van der Waals surface area contributed by atoms with Crippen molar-refractivity contribution in [2.75, 3.05) is 0 Å². The van der Waals surface area contributed by atoms with Gasteiger partial charge >= 0.3 is 0 Å². The van der Waals surface area contributed by atoms with Crippen LogP contribution in [0.15, 0.2) is 60.7 Å². The topological polar surface area (TPSA) is 26.0 Å². The van der Waals surface area contributed by atoms with Gasteiger partial charge in [0.15, 0.2) is 0 Å². The number of hydrogen-bond donors (Lipinski definition) is 1. The maximum Gasteiger partial charge on any atom is 0.0324 e. The lowest BCUT2D eigenvalue weighted by atomic mass is 9.90. The van der Waals surface area contributed by atoms with Gasteiger partial charge in [0.05, 0.1) is 0 Å². The van der Waals surface area contributed by atoms with Gasteiger partial charge in [-0.2, -0.15) is 0 Å². The van der Waals surface area contributed by atoms with E-state index in [1.54, 1.807) is 0 Å². The van der Waals surface area contributed by atoms with Crippen LogP contribution in [0.25, 0.3) is 0 Å². The average molecular weight is 225 g/mol. The van der Waals surface area contributed by atoms with Crippen molar-refractivity contribution in [2.45, 2.75) is 19.4 Å². The van der Waals surface area contributed by atoms with Gasteiger partial charge in [0.25, 0.3) is 0 Å². The van der Waals surface area contributed by atoms with E-state index in [2.05, 4.69) is 43.3 Å². The molecule has 2 aromatic carbocycles. The highest BCUT2D eigenvalue weighted by Gasteiger charge is 2.14. The largest absolute Gasteiger partial charge is 0.324 e. The molecule has 2 rings (SSSR count). The van der Waals surface area contributed by atoms with Crippen molar-refractivity contribution in [3.63, 3.8) is 0 Å². The minimum Gasteiger partial charge on any atom is -0.324 e. The molecule has 0 saturated carbocycles. The van der Waals surface area contributed by atoms with Crippen molar-refractivity contribution in [2.24, 2.45) is 11.7 Å². The molecule has 0 saturated heterocycles. The molecule has 2 N–H and O–H groups in total. The van der Waals surface area contributed by atoms with Crippen molar-refractivity contribution in [1.82, 2.24) is 0 Å². The molecule has 0 spiro atoms. The van der Waals surface area contributed by atoms with Crippen molar-refractivity contribution in [3.05, 3.63) is 71.8 Å². The van der Waals surface area contributed by atoms with E-state index in [1.807, 2.05) is 24.3 Å². The SMILES string of the molecule is CC(Cc1ccccc1)C(N)c1ccccc1. The van der Waals surface area contributed by atoms with Crippen LogP contribution in [0.1, 0.15) is 24.1 Å². The number of benzene rings is 2. The molecule has 1 nitrogen and oxygen atoms in total. The van der Waals surface area contributed by atoms with E-state index in [4.69, 9.17) is 5.73 Å². The molecule has 0 bridgehead atoms. The summed E-state index contributed by atoms with van der Waals surface area (Å²) in [6, 6.07) is 21.0. The Hall–Kier alpha value is -1.60. The maximum atomic E-state index is 6.29. The number of rotatable bonds is 4. The van der Waals surface area contributed by atoms with E-state index in [9.17, 15) is 0 Å². The third-order valence-electron chi connectivity index (χ3n) is 3.20. The van der Waals surface area contributed by atoms with Crippen LogP contribution in [0, 0.1) is 5.92 Å². The summed E-state index contributed by atoms with van der Waals surface area (Å²) < 4.78 is 0. The summed E-state index contributed by atoms with van der Waals surface area (Å²) in [7, 11) is 0. The smallest absolute Gasteiger partial charge is 0.0324 e. The quantitative estimate of drug-likeness (QED) is 0.846. The summed E-state index contributed by atoms with van der Waals surface area (Å²) in [6.45, 7) is 2.21. The van der Waals surface area contributed by atoms with Crippen LogP contribution in [0.5, 0.6) is 0 Å². The van der Waals surface area contributed by atoms with E-state index < -0.39 is 0 Å². The van der Waals surface area contributed by atoms with E-state index >= 15 is 0 Å². The molecule has 0 fully saturated rings. The molecule has 0 aliphatic carbocycles. The van der Waals surface area contributed by atoms with Crippen molar-refractivity contribution >= 4 is 0 Å². The Bertz CT molecular complexity index is 436. The molecule has 0 aliphatic heterocycles. The molecule has 88 valence electrons. The Balaban J connectivity index is 2.03. The molecule has 0 aliphatic rings. The molecule has 0 amide bonds. The lowest BCUT2D eigenvalue weighted by Gasteiger charge is -2.20. The van der Waals surface area contributed by atoms with Gasteiger partial charge in [-0.3, -0.25) is 0 Å². The molecule has 2 atom stereocenters. The lowest BCUT2D eigenvalue weighted by Crippen LogP contribution is -2.20. The highest BCUT2D eigenvalue weighted by Crippen LogP contribution is 2.22. The predicted molar refractivity (Wildman–Crippen MR) is 72.7 cm³/mol. The summed E-state index contributed by atoms with van der Waals surface area (Å²) >= 11 is 0. The molecule has 2 aromatic rings. The highest BCUT2D eigenvalue weighted by atomic mass is 14.6. The average Bonchev–Trinajstić information content (AvgIpc) is 2.40. The Kier molecular flexibility index (Phi) is 3.94. The van der Waals surface area contributed by atoms with Crippen molar-refractivity contribution in [3.8, 4) is 0 Å². The first-order valence-electron chi connectivity index (χ1n) is 6.12. The molecule has 0 radical (unpaired) electrons. The monoisotopic (exact) mass is 225 g/mol. The Morgan fingerprint density at radius 3 is 2.00 bits per heavy atom. The summed E-state index contributed by atoms with van der Waals surface area (Å²) in [5, 5.41) is 0. The molecular formula is C16H19N. The second-order valence-electron chi connectivity index (χ2n) is 4.60. The summed E-state index contributed by atoms with van der Waals surface area (Å²) in [4.78, 5) is 0. The van der Waals surface area contributed by atoms with E-state index in [0.29, 0.717) is 5.92 Å². The Labute approximate surface area is 103 Å². The van der Waals surface area contributed by atoms with Crippen molar-refractivity contribution < 1.29 is 0 Å². The van der Waals surface area contributed by atoms with Gasteiger partial charge in [-0.1, -0.05) is 67.6 Å². The Morgan fingerprint density at radius 1 is 0.882 bits per heavy atom. The molecular weight excluding hydrogens is 206 g/mol. The Morgan fingerprint density at radius 2 is 1.41 bits per heavy atom. The van der Waals surface area contributed by atoms with E-state index in [1.165, 1.54) is 11.1 Å². The van der Waals surface area contributed by atoms with Gasteiger partial charge < -0.3 is 5.73 Å². The fourth-order valence-corrected chi connectivity index (χ4v) is 2.12. The molecule has 17 heavy (non-hydrogen) atoms. The fraction of sp³-hybridized carbons (Fsp3) is 0.250. The summed E-state index contributed by atoms with van der Waals surface area (Å²) in [5.74, 6) is 0.444. The second kappa shape index (κ2) is 5.65. The van der Waals surface area contributed by atoms with Crippen LogP contribution in [-0.4, -0.2) is 0 Å². The van der Waals surface area contributed by atoms with Crippen LogP contribution < -0.4 is 5.73 Å². The normalized spacial score (nSPS) is 14.2. The van der Waals surface area contributed by atoms with Crippen LogP contribution in [0.4, 0.5) is 0 Å². The third-order valence-corrected chi connectivity index (χ3v) is 3.20. The standard InChI is InChI=1S/C16H19N/c1-13(12-14-8-4-2-5-9-14)16(17)15-10-6-3-7-11-15/h2-11,13,16H,12,17H2,1H3. The van der Waals surface area contributed by atoms with Gasteiger partial charge in [0.1, 0.15) is 0 Å². The molecule has 0 heterocycles. The van der Waals surface area contributed by atoms with Crippen LogP contribution in [0.3, 0.4) is 0 Å². The van der Waals surface area contributed by atoms with E-state index in [0.717, 1.165) is 6.42 Å². The first-order chi connectivity index (χ1) is 8.27. The summed E-state index contributed by atoms with van der Waals surface area (Å²) in [5.41, 5.74) is 8.86. The minimum atomic E-state index is 0.108. The lowest BCUT2D eigenvalue weighted by molar-refractivity contribution is 0.468. The van der Waals surface area contributed by atoms with Crippen LogP contribution >= 0.6 is 0 Å². The first-order valence-corrected chi connectivity index (χ1v) is 6.12. The summed E-state index contributed by atoms with van der Waals surface area (Å²) in [6.07, 6.45) is 1.02. The molecule has 0 aromatic heterocycles. The van der Waals surface area contributed by atoms with Gasteiger partial charge in [0, 0.05) is 6.04 Å². The van der Waals surface area contributed by atoms with Crippen LogP contribution in [0.2, 0.25) is 0 Å². The van der Waals surface area contributed by atoms with Gasteiger partial charge in [-0.05, 0) is 23.5 Å². The predicted octanol–water partition coefficient (Wildman–Crippen LogP) is 3.57. The highest BCUT2D eigenvalue weighted by molar-refractivity contribution is 5.21. The minimum absolute atomic E-state index is 0.108. The zero-order valence-corrected chi connectivity index (χ0v) is 10.2. The van der Waals surface area contributed by atoms with Gasteiger partial charge in [-0.15, -0.1) is 0 Å². The zero-order valence-electron chi connectivity index (χ0n) is 10.2. The van der Waals surface area contributed by atoms with Gasteiger partial charge in [-0.25, -0.2) is 0 Å². The molecule has 2 unspecified atom stereocenters. The van der Waals surface area contributed by atoms with Gasteiger partial charge in [0.2, 0.25) is 0 Å². The second-order valence-corrected chi connectivity index (χ2v) is 4.60. The van der Waals surface area contributed by atoms with Crippen LogP contribution in [-0.2, 0) is 6.42 Å².